The van der Waals surface area contributed by atoms with Crippen LogP contribution < -0.4 is 5.76 Å². The Bertz CT molecular complexity index is 916. The maximum Gasteiger partial charge on any atom is 0.437 e. The van der Waals surface area contributed by atoms with Crippen LogP contribution in [0.4, 0.5) is 0 Å². The fourth-order valence-corrected chi connectivity index (χ4v) is 3.93. The van der Waals surface area contributed by atoms with Crippen molar-refractivity contribution in [1.29, 1.82) is 0 Å². The zero-order chi connectivity index (χ0) is 17.9. The van der Waals surface area contributed by atoms with E-state index >= 15 is 0 Å². The van der Waals surface area contributed by atoms with Crippen LogP contribution >= 0.6 is 11.3 Å². The van der Waals surface area contributed by atoms with Crippen molar-refractivity contribution < 1.29 is 14.3 Å². The first-order valence-electron chi connectivity index (χ1n) is 8.70. The van der Waals surface area contributed by atoms with Crippen molar-refractivity contribution in [3.8, 4) is 10.8 Å². The molecule has 7 heteroatoms. The molecule has 2 atom stereocenters. The van der Waals surface area contributed by atoms with Crippen LogP contribution in [0.2, 0.25) is 0 Å². The number of ether oxygens (including phenoxy) is 1. The second kappa shape index (κ2) is 7.57. The average Bonchev–Trinajstić information content (AvgIpc) is 3.30. The number of aliphatic hydroxyl groups excluding tert-OH is 1. The van der Waals surface area contributed by atoms with Gasteiger partial charge in [0.15, 0.2) is 0 Å². The molecule has 0 fully saturated rings. The fraction of sp³-hybridized carbons (Fsp3) is 0.368. The van der Waals surface area contributed by atoms with E-state index in [9.17, 15) is 9.90 Å². The number of hydrogen-bond acceptors (Lipinski definition) is 6. The summed E-state index contributed by atoms with van der Waals surface area (Å²) in [6.07, 6.45) is 2.24. The summed E-state index contributed by atoms with van der Waals surface area (Å²) in [6, 6.07) is 12.0. The Balaban J connectivity index is 1.38. The highest BCUT2D eigenvalue weighted by atomic mass is 32.1. The van der Waals surface area contributed by atoms with Gasteiger partial charge in [0.25, 0.3) is 5.89 Å². The van der Waals surface area contributed by atoms with Crippen LogP contribution in [0.5, 0.6) is 0 Å². The summed E-state index contributed by atoms with van der Waals surface area (Å²) in [4.78, 5) is 12.7. The molecular weight excluding hydrogens is 352 g/mol. The third-order valence-electron chi connectivity index (χ3n) is 4.53. The van der Waals surface area contributed by atoms with E-state index in [1.165, 1.54) is 22.5 Å². The number of rotatable bonds is 6. The van der Waals surface area contributed by atoms with Gasteiger partial charge in [-0.05, 0) is 41.8 Å². The molecule has 26 heavy (non-hydrogen) atoms. The van der Waals surface area contributed by atoms with E-state index in [0.717, 1.165) is 28.8 Å². The van der Waals surface area contributed by atoms with Crippen molar-refractivity contribution in [1.82, 2.24) is 9.78 Å². The molecule has 0 bridgehead atoms. The minimum atomic E-state index is -0.830. The number of thiophene rings is 1. The molecule has 1 aromatic carbocycles. The lowest BCUT2D eigenvalue weighted by Crippen LogP contribution is -2.29. The number of fused-ring (bicyclic) bond motifs is 1. The average molecular weight is 372 g/mol. The number of aromatic nitrogens is 2. The van der Waals surface area contributed by atoms with Crippen LogP contribution in [0.15, 0.2) is 51.0 Å². The van der Waals surface area contributed by atoms with E-state index in [0.29, 0.717) is 0 Å². The normalized spacial score (nSPS) is 17.8. The van der Waals surface area contributed by atoms with Crippen molar-refractivity contribution >= 4 is 11.3 Å². The molecule has 1 aliphatic rings. The molecule has 0 saturated carbocycles. The molecule has 0 aliphatic heterocycles. The van der Waals surface area contributed by atoms with Gasteiger partial charge in [-0.15, -0.1) is 16.4 Å². The maximum absolute atomic E-state index is 11.9. The van der Waals surface area contributed by atoms with Crippen molar-refractivity contribution in [3.63, 3.8) is 0 Å². The van der Waals surface area contributed by atoms with Gasteiger partial charge in [0.1, 0.15) is 0 Å². The maximum atomic E-state index is 11.9. The first kappa shape index (κ1) is 17.2. The van der Waals surface area contributed by atoms with Crippen LogP contribution in [0, 0.1) is 0 Å². The summed E-state index contributed by atoms with van der Waals surface area (Å²) in [6.45, 7) is 0.189. The number of aliphatic hydroxyl groups is 1. The van der Waals surface area contributed by atoms with Crippen molar-refractivity contribution in [2.45, 2.75) is 38.0 Å². The smallest absolute Gasteiger partial charge is 0.389 e. The van der Waals surface area contributed by atoms with E-state index in [-0.39, 0.29) is 25.1 Å². The molecule has 2 heterocycles. The first-order valence-corrected chi connectivity index (χ1v) is 9.58. The fourth-order valence-electron chi connectivity index (χ4n) is 3.28. The molecule has 0 amide bonds. The molecule has 2 aromatic heterocycles. The Morgan fingerprint density at radius 3 is 3.08 bits per heavy atom. The van der Waals surface area contributed by atoms with Gasteiger partial charge >= 0.3 is 5.76 Å². The molecule has 6 nitrogen and oxygen atoms in total. The Hall–Kier alpha value is -2.22. The highest BCUT2D eigenvalue weighted by molar-refractivity contribution is 7.13. The van der Waals surface area contributed by atoms with Gasteiger partial charge in [-0.2, -0.15) is 4.68 Å². The van der Waals surface area contributed by atoms with E-state index in [1.807, 2.05) is 29.6 Å². The third kappa shape index (κ3) is 3.65. The standard InChI is InChI=1S/C19H20N2O4S/c22-14(11-21-19(23)25-18(20-21)17-9-4-10-26-17)12-24-16-8-3-6-13-5-1-2-7-15(13)16/h1-2,4-5,7,9-10,14,16,22H,3,6,8,11-12H2/t14-,16+/m1/s1. The summed E-state index contributed by atoms with van der Waals surface area (Å²) in [5, 5.41) is 16.3. The largest absolute Gasteiger partial charge is 0.437 e. The molecular formula is C19H20N2O4S. The molecule has 0 spiro atoms. The van der Waals surface area contributed by atoms with Gasteiger partial charge in [-0.1, -0.05) is 30.3 Å². The molecule has 4 rings (SSSR count). The number of hydrogen-bond donors (Lipinski definition) is 1. The number of benzene rings is 1. The predicted molar refractivity (Wildman–Crippen MR) is 98.2 cm³/mol. The van der Waals surface area contributed by atoms with Crippen LogP contribution in [0.3, 0.4) is 0 Å². The summed E-state index contributed by atoms with van der Waals surface area (Å²) < 4.78 is 12.2. The van der Waals surface area contributed by atoms with Crippen molar-refractivity contribution in [2.75, 3.05) is 6.61 Å². The zero-order valence-corrected chi connectivity index (χ0v) is 15.0. The summed E-state index contributed by atoms with van der Waals surface area (Å²) in [7, 11) is 0. The summed E-state index contributed by atoms with van der Waals surface area (Å²) in [5.41, 5.74) is 2.51. The minimum Gasteiger partial charge on any atom is -0.389 e. The lowest BCUT2D eigenvalue weighted by atomic mass is 9.89. The molecule has 0 saturated heterocycles. The van der Waals surface area contributed by atoms with Crippen LogP contribution in [0.1, 0.15) is 30.1 Å². The highest BCUT2D eigenvalue weighted by Crippen LogP contribution is 2.32. The Morgan fingerprint density at radius 1 is 1.35 bits per heavy atom. The highest BCUT2D eigenvalue weighted by Gasteiger charge is 2.22. The predicted octanol–water partition coefficient (Wildman–Crippen LogP) is 3.02. The molecule has 1 aliphatic carbocycles. The summed E-state index contributed by atoms with van der Waals surface area (Å²) >= 11 is 1.44. The van der Waals surface area contributed by atoms with Gasteiger partial charge in [0.05, 0.1) is 30.2 Å². The van der Waals surface area contributed by atoms with Gasteiger partial charge in [-0.25, -0.2) is 4.79 Å². The number of nitrogens with zero attached hydrogens (tertiary/aromatic N) is 2. The van der Waals surface area contributed by atoms with Gasteiger partial charge in [0.2, 0.25) is 0 Å². The molecule has 3 aromatic rings. The zero-order valence-electron chi connectivity index (χ0n) is 14.2. The number of aryl methyl sites for hydroxylation is 1. The molecule has 136 valence electrons. The second-order valence-corrected chi connectivity index (χ2v) is 7.35. The van der Waals surface area contributed by atoms with Crippen LogP contribution in [-0.2, 0) is 17.7 Å². The van der Waals surface area contributed by atoms with Crippen molar-refractivity contribution in [2.24, 2.45) is 0 Å². The Kier molecular flexibility index (Phi) is 5.01. The van der Waals surface area contributed by atoms with E-state index < -0.39 is 11.9 Å². The quantitative estimate of drug-likeness (QED) is 0.720. The molecule has 0 radical (unpaired) electrons. The third-order valence-corrected chi connectivity index (χ3v) is 5.38. The van der Waals surface area contributed by atoms with E-state index in [2.05, 4.69) is 17.2 Å². The van der Waals surface area contributed by atoms with E-state index in [1.54, 1.807) is 0 Å². The minimum absolute atomic E-state index is 0.00897. The van der Waals surface area contributed by atoms with Gasteiger partial charge in [0, 0.05) is 0 Å². The van der Waals surface area contributed by atoms with Crippen molar-refractivity contribution in [3.05, 3.63) is 63.5 Å². The molecule has 1 N–H and O–H groups in total. The monoisotopic (exact) mass is 372 g/mol. The lowest BCUT2D eigenvalue weighted by molar-refractivity contribution is -0.0241. The molecule has 0 unspecified atom stereocenters. The van der Waals surface area contributed by atoms with Gasteiger partial charge in [-0.3, -0.25) is 0 Å². The van der Waals surface area contributed by atoms with Crippen LogP contribution in [0.25, 0.3) is 10.8 Å². The SMILES string of the molecule is O=c1oc(-c2cccs2)nn1C[C@@H](O)CO[C@H]1CCCc2ccccc21. The summed E-state index contributed by atoms with van der Waals surface area (Å²) in [5.74, 6) is -0.296. The Labute approximate surface area is 154 Å². The van der Waals surface area contributed by atoms with Crippen LogP contribution in [-0.4, -0.2) is 27.6 Å². The second-order valence-electron chi connectivity index (χ2n) is 6.40. The topological polar surface area (TPSA) is 77.5 Å². The van der Waals surface area contributed by atoms with E-state index in [4.69, 9.17) is 9.15 Å². The lowest BCUT2D eigenvalue weighted by Gasteiger charge is -2.26. The Morgan fingerprint density at radius 2 is 2.23 bits per heavy atom. The van der Waals surface area contributed by atoms with Gasteiger partial charge < -0.3 is 14.3 Å². The first-order chi connectivity index (χ1) is 12.7.